The number of rotatable bonds is 6. The number of ether oxygens (including phenoxy) is 1. The first-order chi connectivity index (χ1) is 17.4. The normalized spacial score (nSPS) is 21.1. The Hall–Kier alpha value is -2.65. The molecule has 2 saturated heterocycles. The molecule has 0 aliphatic carbocycles. The van der Waals surface area contributed by atoms with Crippen molar-refractivity contribution in [2.45, 2.75) is 48.3 Å². The van der Waals surface area contributed by atoms with Gasteiger partial charge >= 0.3 is 0 Å². The molecule has 188 valence electrons. The first kappa shape index (κ1) is 25.0. The summed E-state index contributed by atoms with van der Waals surface area (Å²) in [4.78, 5) is 25.0. The van der Waals surface area contributed by atoms with Crippen molar-refractivity contribution in [2.24, 2.45) is 11.1 Å². The highest BCUT2D eigenvalue weighted by atomic mass is 35.5. The Labute approximate surface area is 220 Å². The molecule has 1 aromatic heterocycles. The molecule has 0 amide bonds. The van der Waals surface area contributed by atoms with Gasteiger partial charge in [-0.3, -0.25) is 4.79 Å². The Balaban J connectivity index is 1.23. The smallest absolute Gasteiger partial charge is 0.171 e. The number of aromatic nitrogens is 2. The molecule has 9 heteroatoms. The average molecular weight is 525 g/mol. The van der Waals surface area contributed by atoms with Crippen LogP contribution in [0.25, 0.3) is 0 Å². The van der Waals surface area contributed by atoms with Crippen molar-refractivity contribution in [2.75, 3.05) is 24.6 Å². The molecule has 2 atom stereocenters. The molecule has 7 nitrogen and oxygen atoms in total. The molecule has 2 aliphatic rings. The van der Waals surface area contributed by atoms with Crippen molar-refractivity contribution in [3.05, 3.63) is 71.0 Å². The number of hydrogen-bond donors (Lipinski definition) is 2. The number of hydrogen-bond acceptors (Lipinski definition) is 8. The minimum Gasteiger partial charge on any atom is -0.507 e. The lowest BCUT2D eigenvalue weighted by Crippen LogP contribution is -2.50. The van der Waals surface area contributed by atoms with Gasteiger partial charge in [-0.25, -0.2) is 9.97 Å². The first-order valence-electron chi connectivity index (χ1n) is 12.1. The number of carbonyl (C=O) groups is 1. The SMILES string of the molecule is C[C@@H]1OCC2(CCN(c3cnc(Sc4cccc(CC(=O)c5ccccc5O)c4Cl)cn3)CC2)[C@@H]1N. The van der Waals surface area contributed by atoms with E-state index in [9.17, 15) is 9.90 Å². The highest BCUT2D eigenvalue weighted by Crippen LogP contribution is 2.42. The summed E-state index contributed by atoms with van der Waals surface area (Å²) in [5.74, 6) is 0.629. The second-order valence-corrected chi connectivity index (χ2v) is 11.0. The van der Waals surface area contributed by atoms with E-state index < -0.39 is 0 Å². The highest BCUT2D eigenvalue weighted by Gasteiger charge is 2.47. The number of para-hydroxylation sites is 1. The number of halogens is 1. The summed E-state index contributed by atoms with van der Waals surface area (Å²) in [6.45, 7) is 4.55. The van der Waals surface area contributed by atoms with Crippen molar-refractivity contribution in [1.82, 2.24) is 9.97 Å². The third-order valence-corrected chi connectivity index (χ3v) is 8.90. The Morgan fingerprint density at radius 3 is 2.64 bits per heavy atom. The zero-order valence-corrected chi connectivity index (χ0v) is 21.6. The number of carbonyl (C=O) groups excluding carboxylic acids is 1. The van der Waals surface area contributed by atoms with Gasteiger partial charge in [-0.1, -0.05) is 47.6 Å². The van der Waals surface area contributed by atoms with Crippen LogP contribution in [-0.4, -0.2) is 52.7 Å². The number of ketones is 1. The summed E-state index contributed by atoms with van der Waals surface area (Å²) in [5.41, 5.74) is 7.49. The molecule has 2 aromatic carbocycles. The molecule has 0 unspecified atom stereocenters. The van der Waals surface area contributed by atoms with Crippen LogP contribution in [0.1, 0.15) is 35.7 Å². The van der Waals surface area contributed by atoms with Gasteiger partial charge in [0, 0.05) is 35.9 Å². The number of nitrogens with two attached hydrogens (primary N) is 1. The number of phenolic OH excluding ortho intramolecular Hbond substituents is 1. The minimum atomic E-state index is -0.191. The number of anilines is 1. The van der Waals surface area contributed by atoms with Crippen molar-refractivity contribution < 1.29 is 14.6 Å². The van der Waals surface area contributed by atoms with E-state index in [1.165, 1.54) is 17.8 Å². The van der Waals surface area contributed by atoms with Gasteiger partial charge in [0.1, 0.15) is 16.6 Å². The Morgan fingerprint density at radius 1 is 1.19 bits per heavy atom. The molecule has 0 radical (unpaired) electrons. The molecule has 2 aliphatic heterocycles. The van der Waals surface area contributed by atoms with Gasteiger partial charge in [0.05, 0.1) is 35.7 Å². The number of piperidine rings is 1. The van der Waals surface area contributed by atoms with Gasteiger partial charge < -0.3 is 20.5 Å². The predicted molar refractivity (Wildman–Crippen MR) is 141 cm³/mol. The van der Waals surface area contributed by atoms with Crippen LogP contribution in [0.15, 0.2) is 64.8 Å². The molecule has 3 N–H and O–H groups in total. The second kappa shape index (κ2) is 10.4. The number of aromatic hydroxyl groups is 1. The summed E-state index contributed by atoms with van der Waals surface area (Å²) in [6, 6.07) is 12.2. The van der Waals surface area contributed by atoms with Crippen molar-refractivity contribution >= 4 is 35.0 Å². The Morgan fingerprint density at radius 2 is 1.97 bits per heavy atom. The van der Waals surface area contributed by atoms with Crippen LogP contribution in [0.2, 0.25) is 5.02 Å². The fraction of sp³-hybridized carbons (Fsp3) is 0.370. The quantitative estimate of drug-likeness (QED) is 0.446. The maximum atomic E-state index is 12.7. The molecule has 2 fully saturated rings. The fourth-order valence-electron chi connectivity index (χ4n) is 5.04. The number of phenols is 1. The van der Waals surface area contributed by atoms with Gasteiger partial charge in [-0.15, -0.1) is 0 Å². The summed E-state index contributed by atoms with van der Waals surface area (Å²) < 4.78 is 5.82. The van der Waals surface area contributed by atoms with Crippen LogP contribution in [0.3, 0.4) is 0 Å². The van der Waals surface area contributed by atoms with E-state index in [0.717, 1.165) is 48.3 Å². The van der Waals surface area contributed by atoms with E-state index in [4.69, 9.17) is 22.1 Å². The van der Waals surface area contributed by atoms with Crippen LogP contribution >= 0.6 is 23.4 Å². The third kappa shape index (κ3) is 4.95. The van der Waals surface area contributed by atoms with Crippen LogP contribution in [-0.2, 0) is 11.2 Å². The summed E-state index contributed by atoms with van der Waals surface area (Å²) in [5, 5.41) is 11.2. The van der Waals surface area contributed by atoms with Crippen molar-refractivity contribution in [3.8, 4) is 5.75 Å². The second-order valence-electron chi connectivity index (χ2n) is 9.55. The van der Waals surface area contributed by atoms with E-state index in [-0.39, 0.29) is 41.1 Å². The van der Waals surface area contributed by atoms with Gasteiger partial charge in [-0.05, 0) is 43.5 Å². The van der Waals surface area contributed by atoms with Crippen LogP contribution < -0.4 is 10.6 Å². The Bertz CT molecular complexity index is 1250. The maximum Gasteiger partial charge on any atom is 0.171 e. The maximum absolute atomic E-state index is 12.7. The predicted octanol–water partition coefficient (Wildman–Crippen LogP) is 4.74. The van der Waals surface area contributed by atoms with Crippen LogP contribution in [0.4, 0.5) is 5.82 Å². The lowest BCUT2D eigenvalue weighted by Gasteiger charge is -2.41. The zero-order valence-electron chi connectivity index (χ0n) is 20.1. The van der Waals surface area contributed by atoms with Crippen LogP contribution in [0.5, 0.6) is 5.75 Å². The third-order valence-electron chi connectivity index (χ3n) is 7.36. The lowest BCUT2D eigenvalue weighted by molar-refractivity contribution is 0.0973. The topological polar surface area (TPSA) is 102 Å². The van der Waals surface area contributed by atoms with Gasteiger partial charge in [0.2, 0.25) is 0 Å². The molecular formula is C27H29ClN4O3S. The first-order valence-corrected chi connectivity index (χ1v) is 13.3. The monoisotopic (exact) mass is 524 g/mol. The van der Waals surface area contributed by atoms with E-state index in [2.05, 4.69) is 21.8 Å². The van der Waals surface area contributed by atoms with E-state index in [1.807, 2.05) is 18.2 Å². The van der Waals surface area contributed by atoms with E-state index in [1.54, 1.807) is 30.6 Å². The number of Topliss-reactive ketones (excluding diaryl/α,β-unsaturated/α-hetero) is 1. The van der Waals surface area contributed by atoms with Crippen molar-refractivity contribution in [3.63, 3.8) is 0 Å². The molecule has 5 rings (SSSR count). The molecule has 3 aromatic rings. The molecule has 0 bridgehead atoms. The average Bonchev–Trinajstić information content (AvgIpc) is 3.16. The minimum absolute atomic E-state index is 0.0302. The molecular weight excluding hydrogens is 496 g/mol. The Kier molecular flexibility index (Phi) is 7.21. The summed E-state index contributed by atoms with van der Waals surface area (Å²) >= 11 is 8.06. The summed E-state index contributed by atoms with van der Waals surface area (Å²) in [7, 11) is 0. The van der Waals surface area contributed by atoms with E-state index in [0.29, 0.717) is 10.6 Å². The molecule has 3 heterocycles. The number of nitrogens with zero attached hydrogens (tertiary/aromatic N) is 3. The van der Waals surface area contributed by atoms with Gasteiger partial charge in [0.15, 0.2) is 5.78 Å². The van der Waals surface area contributed by atoms with E-state index >= 15 is 0 Å². The largest absolute Gasteiger partial charge is 0.507 e. The number of benzene rings is 2. The van der Waals surface area contributed by atoms with Crippen molar-refractivity contribution in [1.29, 1.82) is 0 Å². The summed E-state index contributed by atoms with van der Waals surface area (Å²) in [6.07, 6.45) is 5.73. The lowest BCUT2D eigenvalue weighted by atomic mass is 9.73. The molecule has 1 spiro atoms. The standard InChI is InChI=1S/C27H29ClN4O3S/c1-17-26(29)27(16-35-17)9-11-32(12-10-27)23-14-31-24(15-30-23)36-22-8-4-5-18(25(22)28)13-21(34)19-6-2-3-7-20(19)33/h2-8,14-15,17,26,33H,9-13,16,29H2,1H3/t17-,26+/m0/s1. The molecule has 0 saturated carbocycles. The zero-order chi connectivity index (χ0) is 25.3. The van der Waals surface area contributed by atoms with Gasteiger partial charge in [-0.2, -0.15) is 0 Å². The van der Waals surface area contributed by atoms with Gasteiger partial charge in [0.25, 0.3) is 0 Å². The van der Waals surface area contributed by atoms with Crippen LogP contribution in [0, 0.1) is 5.41 Å². The fourth-order valence-corrected chi connectivity index (χ4v) is 6.15. The molecule has 36 heavy (non-hydrogen) atoms. The highest BCUT2D eigenvalue weighted by molar-refractivity contribution is 7.99.